The minimum Gasteiger partial charge on any atom is -0.497 e. The summed E-state index contributed by atoms with van der Waals surface area (Å²) in [6.07, 6.45) is 0.920. The van der Waals surface area contributed by atoms with Gasteiger partial charge in [0.2, 0.25) is 0 Å². The van der Waals surface area contributed by atoms with E-state index in [1.807, 2.05) is 18.2 Å². The summed E-state index contributed by atoms with van der Waals surface area (Å²) in [5.74, 6) is 0.881. The summed E-state index contributed by atoms with van der Waals surface area (Å²) in [6.45, 7) is 2.91. The van der Waals surface area contributed by atoms with E-state index in [0.29, 0.717) is 6.54 Å². The molecule has 19 heavy (non-hydrogen) atoms. The van der Waals surface area contributed by atoms with Gasteiger partial charge in [-0.05, 0) is 36.2 Å². The number of ether oxygens (including phenoxy) is 1. The molecule has 2 rings (SSSR count). The molecule has 0 aromatic heterocycles. The van der Waals surface area contributed by atoms with E-state index < -0.39 is 0 Å². The average Bonchev–Trinajstić information content (AvgIpc) is 2.48. The van der Waals surface area contributed by atoms with E-state index in [1.54, 1.807) is 7.11 Å². The van der Waals surface area contributed by atoms with Gasteiger partial charge in [0.1, 0.15) is 5.75 Å². The maximum Gasteiger partial charge on any atom is 0.118 e. The third-order valence-electron chi connectivity index (χ3n) is 3.78. The second-order valence-electron chi connectivity index (χ2n) is 4.97. The van der Waals surface area contributed by atoms with E-state index in [2.05, 4.69) is 43.3 Å². The largest absolute Gasteiger partial charge is 0.497 e. The smallest absolute Gasteiger partial charge is 0.118 e. The van der Waals surface area contributed by atoms with Crippen LogP contribution in [0.4, 0.5) is 0 Å². The molecule has 0 saturated heterocycles. The van der Waals surface area contributed by atoms with Gasteiger partial charge in [0.15, 0.2) is 0 Å². The summed E-state index contributed by atoms with van der Waals surface area (Å²) in [5, 5.41) is 0. The van der Waals surface area contributed by atoms with Crippen LogP contribution in [0.1, 0.15) is 24.5 Å². The Hall–Kier alpha value is -1.80. The molecule has 2 nitrogen and oxygen atoms in total. The third kappa shape index (κ3) is 2.79. The van der Waals surface area contributed by atoms with Gasteiger partial charge in [-0.25, -0.2) is 0 Å². The Bertz CT molecular complexity index is 507. The van der Waals surface area contributed by atoms with Crippen molar-refractivity contribution in [3.8, 4) is 5.75 Å². The Morgan fingerprint density at radius 3 is 2.05 bits per heavy atom. The summed E-state index contributed by atoms with van der Waals surface area (Å²) in [5.41, 5.74) is 8.33. The number of methoxy groups -OCH3 is 1. The highest BCUT2D eigenvalue weighted by atomic mass is 16.5. The third-order valence-corrected chi connectivity index (χ3v) is 3.78. The van der Waals surface area contributed by atoms with Crippen molar-refractivity contribution in [2.24, 2.45) is 5.73 Å². The van der Waals surface area contributed by atoms with E-state index in [4.69, 9.17) is 10.5 Å². The molecule has 0 spiro atoms. The van der Waals surface area contributed by atoms with Crippen molar-refractivity contribution in [3.05, 3.63) is 65.7 Å². The van der Waals surface area contributed by atoms with Crippen molar-refractivity contribution in [2.45, 2.75) is 18.8 Å². The number of rotatable bonds is 5. The molecule has 0 heterocycles. The Kier molecular flexibility index (Phi) is 4.23. The first-order valence-corrected chi connectivity index (χ1v) is 6.61. The molecule has 0 amide bonds. The monoisotopic (exact) mass is 255 g/mol. The fraction of sp³-hybridized carbons (Fsp3) is 0.294. The molecule has 0 aliphatic carbocycles. The Labute approximate surface area is 115 Å². The maximum absolute atomic E-state index is 5.82. The molecule has 0 bridgehead atoms. The summed E-state index contributed by atoms with van der Waals surface area (Å²) in [6, 6.07) is 18.8. The van der Waals surface area contributed by atoms with Crippen LogP contribution in [-0.4, -0.2) is 13.7 Å². The molecular weight excluding hydrogens is 234 g/mol. The Morgan fingerprint density at radius 1 is 0.947 bits per heavy atom. The standard InChI is InChI=1S/C17H21NO/c1-17(12-13-18,14-6-4-3-5-7-14)15-8-10-16(19-2)11-9-15/h3-11H,12-13,18H2,1-2H3. The van der Waals surface area contributed by atoms with E-state index in [9.17, 15) is 0 Å². The minimum atomic E-state index is -0.0533. The van der Waals surface area contributed by atoms with Crippen LogP contribution in [0.2, 0.25) is 0 Å². The SMILES string of the molecule is COc1ccc(C(C)(CCN)c2ccccc2)cc1. The van der Waals surface area contributed by atoms with Gasteiger partial charge >= 0.3 is 0 Å². The highest BCUT2D eigenvalue weighted by molar-refractivity contribution is 5.40. The van der Waals surface area contributed by atoms with Gasteiger partial charge in [-0.3, -0.25) is 0 Å². The second-order valence-corrected chi connectivity index (χ2v) is 4.97. The molecule has 0 aliphatic rings. The number of nitrogens with two attached hydrogens (primary N) is 1. The van der Waals surface area contributed by atoms with E-state index in [1.165, 1.54) is 11.1 Å². The van der Waals surface area contributed by atoms with Crippen molar-refractivity contribution in [1.29, 1.82) is 0 Å². The lowest BCUT2D eigenvalue weighted by atomic mass is 9.74. The number of hydrogen-bond acceptors (Lipinski definition) is 2. The fourth-order valence-electron chi connectivity index (χ4n) is 2.51. The number of hydrogen-bond donors (Lipinski definition) is 1. The summed E-state index contributed by atoms with van der Waals surface area (Å²) in [7, 11) is 1.69. The molecule has 2 aromatic rings. The lowest BCUT2D eigenvalue weighted by molar-refractivity contribution is 0.414. The molecule has 100 valence electrons. The molecule has 2 aromatic carbocycles. The van der Waals surface area contributed by atoms with Crippen molar-refractivity contribution in [2.75, 3.05) is 13.7 Å². The van der Waals surface area contributed by atoms with Gasteiger partial charge in [0.25, 0.3) is 0 Å². The highest BCUT2D eigenvalue weighted by Gasteiger charge is 2.27. The van der Waals surface area contributed by atoms with Crippen LogP contribution in [0.25, 0.3) is 0 Å². The van der Waals surface area contributed by atoms with Gasteiger partial charge in [0, 0.05) is 5.41 Å². The summed E-state index contributed by atoms with van der Waals surface area (Å²) in [4.78, 5) is 0. The Balaban J connectivity index is 2.43. The first-order chi connectivity index (χ1) is 9.20. The fourth-order valence-corrected chi connectivity index (χ4v) is 2.51. The summed E-state index contributed by atoms with van der Waals surface area (Å²) < 4.78 is 5.22. The Morgan fingerprint density at radius 2 is 1.53 bits per heavy atom. The zero-order valence-electron chi connectivity index (χ0n) is 11.6. The first kappa shape index (κ1) is 13.6. The molecule has 2 heteroatoms. The van der Waals surface area contributed by atoms with Crippen LogP contribution in [0.5, 0.6) is 5.75 Å². The molecule has 0 saturated carbocycles. The first-order valence-electron chi connectivity index (χ1n) is 6.61. The van der Waals surface area contributed by atoms with Gasteiger partial charge in [0.05, 0.1) is 7.11 Å². The second kappa shape index (κ2) is 5.89. The lowest BCUT2D eigenvalue weighted by Gasteiger charge is -2.30. The van der Waals surface area contributed by atoms with Crippen LogP contribution in [-0.2, 0) is 5.41 Å². The molecular formula is C17H21NO. The molecule has 0 aliphatic heterocycles. The average molecular weight is 255 g/mol. The molecule has 0 fully saturated rings. The zero-order valence-corrected chi connectivity index (χ0v) is 11.6. The van der Waals surface area contributed by atoms with Crippen LogP contribution in [0, 0.1) is 0 Å². The van der Waals surface area contributed by atoms with E-state index in [-0.39, 0.29) is 5.41 Å². The maximum atomic E-state index is 5.82. The van der Waals surface area contributed by atoms with Gasteiger partial charge < -0.3 is 10.5 Å². The van der Waals surface area contributed by atoms with Gasteiger partial charge in [-0.2, -0.15) is 0 Å². The van der Waals surface area contributed by atoms with E-state index >= 15 is 0 Å². The van der Waals surface area contributed by atoms with Crippen LogP contribution in [0.3, 0.4) is 0 Å². The minimum absolute atomic E-state index is 0.0533. The lowest BCUT2D eigenvalue weighted by Crippen LogP contribution is -2.27. The normalized spacial score (nSPS) is 13.8. The number of benzene rings is 2. The highest BCUT2D eigenvalue weighted by Crippen LogP contribution is 2.35. The predicted molar refractivity (Wildman–Crippen MR) is 79.6 cm³/mol. The van der Waals surface area contributed by atoms with Crippen molar-refractivity contribution < 1.29 is 4.74 Å². The predicted octanol–water partition coefficient (Wildman–Crippen LogP) is 3.35. The van der Waals surface area contributed by atoms with Crippen molar-refractivity contribution >= 4 is 0 Å². The van der Waals surface area contributed by atoms with Crippen LogP contribution in [0.15, 0.2) is 54.6 Å². The zero-order chi connectivity index (χ0) is 13.7. The molecule has 2 N–H and O–H groups in total. The van der Waals surface area contributed by atoms with Crippen molar-refractivity contribution in [3.63, 3.8) is 0 Å². The topological polar surface area (TPSA) is 35.2 Å². The van der Waals surface area contributed by atoms with Gasteiger partial charge in [-0.15, -0.1) is 0 Å². The molecule has 1 unspecified atom stereocenters. The summed E-state index contributed by atoms with van der Waals surface area (Å²) >= 11 is 0. The van der Waals surface area contributed by atoms with E-state index in [0.717, 1.165) is 12.2 Å². The molecule has 1 atom stereocenters. The molecule has 0 radical (unpaired) electrons. The quantitative estimate of drug-likeness (QED) is 0.889. The van der Waals surface area contributed by atoms with Crippen molar-refractivity contribution in [1.82, 2.24) is 0 Å². The van der Waals surface area contributed by atoms with Gasteiger partial charge in [-0.1, -0.05) is 49.4 Å². The van der Waals surface area contributed by atoms with Crippen LogP contribution >= 0.6 is 0 Å². The van der Waals surface area contributed by atoms with Crippen LogP contribution < -0.4 is 10.5 Å².